The highest BCUT2D eigenvalue weighted by molar-refractivity contribution is 5.74. The number of hydrogen-bond donors (Lipinski definition) is 1. The van der Waals surface area contributed by atoms with Crippen LogP contribution in [0.5, 0.6) is 0 Å². The molecule has 21 heavy (non-hydrogen) atoms. The van der Waals surface area contributed by atoms with Crippen molar-refractivity contribution in [3.05, 3.63) is 59.1 Å². The minimum atomic E-state index is -0.614. The Bertz CT molecular complexity index is 1020. The summed E-state index contributed by atoms with van der Waals surface area (Å²) in [7, 11) is 0. The number of fused-ring (bicyclic) bond motifs is 2. The molecule has 0 fully saturated rings. The van der Waals surface area contributed by atoms with Gasteiger partial charge in [-0.25, -0.2) is 14.5 Å². The summed E-state index contributed by atoms with van der Waals surface area (Å²) in [6, 6.07) is 11.1. The van der Waals surface area contributed by atoms with Crippen LogP contribution in [0.4, 0.5) is 0 Å². The minimum absolute atomic E-state index is 0.0875. The first kappa shape index (κ1) is 11.6. The highest BCUT2D eigenvalue weighted by atomic mass is 16.5. The van der Waals surface area contributed by atoms with Crippen molar-refractivity contribution in [2.24, 2.45) is 0 Å². The zero-order chi connectivity index (χ0) is 14.4. The van der Waals surface area contributed by atoms with E-state index in [9.17, 15) is 10.0 Å². The molecule has 0 saturated carbocycles. The minimum Gasteiger partial charge on any atom is -0.425 e. The van der Waals surface area contributed by atoms with E-state index in [2.05, 4.69) is 15.1 Å². The molecular formula is C14H9N5O2. The maximum atomic E-state index is 11.8. The summed E-state index contributed by atoms with van der Waals surface area (Å²) in [5.41, 5.74) is 1.52. The van der Waals surface area contributed by atoms with Crippen LogP contribution < -0.4 is 5.56 Å². The van der Waals surface area contributed by atoms with Gasteiger partial charge in [-0.1, -0.05) is 30.3 Å². The second-order valence-electron chi connectivity index (χ2n) is 4.55. The van der Waals surface area contributed by atoms with Gasteiger partial charge in [-0.15, -0.1) is 0 Å². The summed E-state index contributed by atoms with van der Waals surface area (Å²) in [5, 5.41) is 13.6. The van der Waals surface area contributed by atoms with Crippen LogP contribution in [-0.2, 0) is 0 Å². The summed E-state index contributed by atoms with van der Waals surface area (Å²) in [5.74, 6) is 0.399. The number of aromatic nitrogens is 5. The predicted octanol–water partition coefficient (Wildman–Crippen LogP) is 1.34. The largest absolute Gasteiger partial charge is 0.425 e. The molecule has 0 radical (unpaired) electrons. The first-order valence-corrected chi connectivity index (χ1v) is 6.26. The van der Waals surface area contributed by atoms with E-state index < -0.39 is 5.56 Å². The Morgan fingerprint density at radius 1 is 1.05 bits per heavy atom. The second-order valence-corrected chi connectivity index (χ2v) is 4.55. The van der Waals surface area contributed by atoms with Crippen molar-refractivity contribution < 1.29 is 5.21 Å². The van der Waals surface area contributed by atoms with Crippen molar-refractivity contribution >= 4 is 16.8 Å². The number of rotatable bonds is 1. The summed E-state index contributed by atoms with van der Waals surface area (Å²) in [6.45, 7) is 0. The van der Waals surface area contributed by atoms with Crippen molar-refractivity contribution in [1.29, 1.82) is 0 Å². The topological polar surface area (TPSA) is 85.3 Å². The van der Waals surface area contributed by atoms with Gasteiger partial charge in [0.1, 0.15) is 5.52 Å². The molecule has 7 nitrogen and oxygen atoms in total. The Kier molecular flexibility index (Phi) is 2.28. The van der Waals surface area contributed by atoms with Crippen LogP contribution in [-0.4, -0.2) is 29.5 Å². The summed E-state index contributed by atoms with van der Waals surface area (Å²) in [4.78, 5) is 20.5. The molecule has 4 rings (SSSR count). The summed E-state index contributed by atoms with van der Waals surface area (Å²) >= 11 is 0. The van der Waals surface area contributed by atoms with Crippen molar-refractivity contribution in [3.63, 3.8) is 0 Å². The molecule has 0 amide bonds. The molecule has 0 unspecified atom stereocenters. The van der Waals surface area contributed by atoms with Crippen molar-refractivity contribution in [1.82, 2.24) is 24.3 Å². The quantitative estimate of drug-likeness (QED) is 0.531. The van der Waals surface area contributed by atoms with E-state index in [-0.39, 0.29) is 5.52 Å². The first-order chi connectivity index (χ1) is 10.2. The van der Waals surface area contributed by atoms with Gasteiger partial charge in [0.25, 0.3) is 5.78 Å². The fraction of sp³-hybridized carbons (Fsp3) is 0. The van der Waals surface area contributed by atoms with Crippen LogP contribution in [0, 0.1) is 0 Å². The molecule has 0 aliphatic heterocycles. The molecule has 0 saturated heterocycles. The highest BCUT2D eigenvalue weighted by Crippen LogP contribution is 2.18. The van der Waals surface area contributed by atoms with Crippen molar-refractivity contribution in [3.8, 4) is 11.3 Å². The van der Waals surface area contributed by atoms with Gasteiger partial charge < -0.3 is 5.21 Å². The molecule has 0 atom stereocenters. The Balaban J connectivity index is 2.02. The van der Waals surface area contributed by atoms with Crippen LogP contribution in [0.15, 0.2) is 53.6 Å². The first-order valence-electron chi connectivity index (χ1n) is 6.26. The zero-order valence-corrected chi connectivity index (χ0v) is 10.7. The van der Waals surface area contributed by atoms with Gasteiger partial charge in [0.2, 0.25) is 0 Å². The Morgan fingerprint density at radius 2 is 1.86 bits per heavy atom. The molecule has 0 spiro atoms. The number of nitrogens with zero attached hydrogens (tertiary/aromatic N) is 5. The highest BCUT2D eigenvalue weighted by Gasteiger charge is 2.10. The predicted molar refractivity (Wildman–Crippen MR) is 75.2 cm³/mol. The molecule has 3 heterocycles. The third-order valence-corrected chi connectivity index (χ3v) is 3.19. The third-order valence-electron chi connectivity index (χ3n) is 3.19. The van der Waals surface area contributed by atoms with E-state index in [4.69, 9.17) is 0 Å². The Labute approximate surface area is 117 Å². The average Bonchev–Trinajstić information content (AvgIpc) is 2.93. The van der Waals surface area contributed by atoms with Crippen LogP contribution in [0.2, 0.25) is 0 Å². The van der Waals surface area contributed by atoms with E-state index in [1.54, 1.807) is 6.20 Å². The smallest absolute Gasteiger partial charge is 0.312 e. The SMILES string of the molecule is O=c1c2nn3cc(-c4ccccc4)nc3nc2ccn1O. The summed E-state index contributed by atoms with van der Waals surface area (Å²) in [6.07, 6.45) is 2.93. The van der Waals surface area contributed by atoms with E-state index in [1.807, 2.05) is 30.3 Å². The molecule has 0 aliphatic carbocycles. The van der Waals surface area contributed by atoms with E-state index in [1.165, 1.54) is 16.8 Å². The van der Waals surface area contributed by atoms with Gasteiger partial charge in [-0.3, -0.25) is 4.79 Å². The van der Waals surface area contributed by atoms with E-state index in [0.717, 1.165) is 11.3 Å². The standard InChI is InChI=1S/C14H9N5O2/c20-13-12-10(6-7-19(13)21)15-14-16-11(8-18(14)17-12)9-4-2-1-3-5-9/h1-8,21H. The molecular weight excluding hydrogens is 270 g/mol. The van der Waals surface area contributed by atoms with E-state index >= 15 is 0 Å². The number of pyridine rings is 1. The lowest BCUT2D eigenvalue weighted by Crippen LogP contribution is -2.19. The maximum absolute atomic E-state index is 11.8. The van der Waals surface area contributed by atoms with Gasteiger partial charge in [0.05, 0.1) is 11.9 Å². The van der Waals surface area contributed by atoms with Gasteiger partial charge >= 0.3 is 5.56 Å². The Hall–Kier alpha value is -3.22. The lowest BCUT2D eigenvalue weighted by molar-refractivity contribution is 0.176. The number of imidazole rings is 1. The molecule has 1 aromatic carbocycles. The lowest BCUT2D eigenvalue weighted by atomic mass is 10.2. The monoisotopic (exact) mass is 279 g/mol. The Morgan fingerprint density at radius 3 is 2.67 bits per heavy atom. The lowest BCUT2D eigenvalue weighted by Gasteiger charge is -1.98. The fourth-order valence-electron chi connectivity index (χ4n) is 2.16. The van der Waals surface area contributed by atoms with E-state index in [0.29, 0.717) is 16.0 Å². The van der Waals surface area contributed by atoms with Gasteiger partial charge in [-0.05, 0) is 6.07 Å². The second kappa shape index (κ2) is 4.14. The van der Waals surface area contributed by atoms with Gasteiger partial charge in [-0.2, -0.15) is 9.83 Å². The van der Waals surface area contributed by atoms with Crippen molar-refractivity contribution in [2.75, 3.05) is 0 Å². The van der Waals surface area contributed by atoms with Crippen molar-refractivity contribution in [2.45, 2.75) is 0 Å². The number of hydrogen-bond acceptors (Lipinski definition) is 5. The molecule has 4 aromatic rings. The van der Waals surface area contributed by atoms with Crippen LogP contribution in [0.1, 0.15) is 0 Å². The normalized spacial score (nSPS) is 11.2. The molecule has 1 N–H and O–H groups in total. The van der Waals surface area contributed by atoms with Crippen LogP contribution in [0.3, 0.4) is 0 Å². The van der Waals surface area contributed by atoms with Crippen LogP contribution >= 0.6 is 0 Å². The fourth-order valence-corrected chi connectivity index (χ4v) is 2.16. The maximum Gasteiger partial charge on any atom is 0.312 e. The molecule has 3 aromatic heterocycles. The summed E-state index contributed by atoms with van der Waals surface area (Å²) < 4.78 is 1.92. The van der Waals surface area contributed by atoms with Gasteiger partial charge in [0.15, 0.2) is 5.52 Å². The molecule has 7 heteroatoms. The van der Waals surface area contributed by atoms with Gasteiger partial charge in [0, 0.05) is 11.8 Å². The molecule has 0 bridgehead atoms. The zero-order valence-electron chi connectivity index (χ0n) is 10.7. The average molecular weight is 279 g/mol. The molecule has 102 valence electrons. The third kappa shape index (κ3) is 1.75. The molecule has 0 aliphatic rings. The van der Waals surface area contributed by atoms with Crippen LogP contribution in [0.25, 0.3) is 28.1 Å². The number of benzene rings is 1.